The minimum atomic E-state index is 0.217. The molecule has 0 aliphatic carbocycles. The first-order valence-corrected chi connectivity index (χ1v) is 8.24. The van der Waals surface area contributed by atoms with Crippen molar-refractivity contribution in [3.63, 3.8) is 0 Å². The van der Waals surface area contributed by atoms with E-state index < -0.39 is 0 Å². The van der Waals surface area contributed by atoms with Gasteiger partial charge < -0.3 is 5.32 Å². The molecule has 0 aromatic heterocycles. The summed E-state index contributed by atoms with van der Waals surface area (Å²) in [5.41, 5.74) is 6.00. The molecule has 1 unspecified atom stereocenters. The molecule has 0 saturated carbocycles. The lowest BCUT2D eigenvalue weighted by Gasteiger charge is -2.24. The van der Waals surface area contributed by atoms with Crippen molar-refractivity contribution < 1.29 is 0 Å². The van der Waals surface area contributed by atoms with Crippen LogP contribution in [0.15, 0.2) is 24.8 Å². The first-order chi connectivity index (χ1) is 9.79. The van der Waals surface area contributed by atoms with E-state index in [0.29, 0.717) is 6.04 Å². The Balaban J connectivity index is 2.99. The van der Waals surface area contributed by atoms with Gasteiger partial charge in [0.2, 0.25) is 0 Å². The van der Waals surface area contributed by atoms with Crippen molar-refractivity contribution in [1.82, 2.24) is 5.32 Å². The molecule has 0 fully saturated rings. The molecule has 1 aromatic carbocycles. The van der Waals surface area contributed by atoms with Gasteiger partial charge in [-0.25, -0.2) is 0 Å². The van der Waals surface area contributed by atoms with Gasteiger partial charge >= 0.3 is 0 Å². The highest BCUT2D eigenvalue weighted by molar-refractivity contribution is 5.41. The standard InChI is InChI=1S/C20H33N/c1-8-10-18(21-11-9-2)14-19-15(3)12-17(13-16(19)4)20(5,6)7/h8,12-13,18,21H,1,9-11,14H2,2-7H3. The summed E-state index contributed by atoms with van der Waals surface area (Å²) in [7, 11) is 0. The molecule has 1 nitrogen and oxygen atoms in total. The van der Waals surface area contributed by atoms with Crippen molar-refractivity contribution in [3.05, 3.63) is 47.0 Å². The van der Waals surface area contributed by atoms with Gasteiger partial charge in [-0.2, -0.15) is 0 Å². The maximum absolute atomic E-state index is 3.90. The van der Waals surface area contributed by atoms with E-state index in [4.69, 9.17) is 0 Å². The highest BCUT2D eigenvalue weighted by Crippen LogP contribution is 2.27. The predicted molar refractivity (Wildman–Crippen MR) is 95.2 cm³/mol. The van der Waals surface area contributed by atoms with Crippen LogP contribution in [0.25, 0.3) is 0 Å². The number of aryl methyl sites for hydroxylation is 2. The minimum absolute atomic E-state index is 0.217. The van der Waals surface area contributed by atoms with Gasteiger partial charge in [-0.3, -0.25) is 0 Å². The zero-order valence-electron chi connectivity index (χ0n) is 14.8. The average Bonchev–Trinajstić information content (AvgIpc) is 2.38. The third-order valence-corrected chi connectivity index (χ3v) is 4.15. The number of hydrogen-bond acceptors (Lipinski definition) is 1. The summed E-state index contributed by atoms with van der Waals surface area (Å²) in [6, 6.07) is 5.24. The van der Waals surface area contributed by atoms with E-state index in [-0.39, 0.29) is 5.41 Å². The third kappa shape index (κ3) is 5.32. The molecule has 0 aliphatic heterocycles. The summed E-state index contributed by atoms with van der Waals surface area (Å²) < 4.78 is 0. The zero-order valence-corrected chi connectivity index (χ0v) is 14.8. The molecule has 0 aliphatic rings. The van der Waals surface area contributed by atoms with Gasteiger partial charge in [0.25, 0.3) is 0 Å². The molecule has 0 bridgehead atoms. The maximum Gasteiger partial charge on any atom is 0.0142 e. The topological polar surface area (TPSA) is 12.0 Å². The van der Waals surface area contributed by atoms with Gasteiger partial charge in [0.15, 0.2) is 0 Å². The Kier molecular flexibility index (Phi) is 6.67. The van der Waals surface area contributed by atoms with Crippen LogP contribution in [0.3, 0.4) is 0 Å². The number of rotatable bonds is 7. The minimum Gasteiger partial charge on any atom is -0.313 e. The van der Waals surface area contributed by atoms with Gasteiger partial charge in [0, 0.05) is 6.04 Å². The molecule has 1 heteroatoms. The number of benzene rings is 1. The number of hydrogen-bond donors (Lipinski definition) is 1. The summed E-state index contributed by atoms with van der Waals surface area (Å²) in [6.07, 6.45) is 5.32. The Labute approximate surface area is 131 Å². The molecule has 118 valence electrons. The summed E-state index contributed by atoms with van der Waals surface area (Å²) in [6.45, 7) is 18.5. The van der Waals surface area contributed by atoms with E-state index in [9.17, 15) is 0 Å². The second kappa shape index (κ2) is 7.79. The fourth-order valence-corrected chi connectivity index (χ4v) is 2.78. The molecule has 0 amide bonds. The molecular weight excluding hydrogens is 254 g/mol. The quantitative estimate of drug-likeness (QED) is 0.689. The fraction of sp³-hybridized carbons (Fsp3) is 0.600. The van der Waals surface area contributed by atoms with Crippen LogP contribution >= 0.6 is 0 Å². The predicted octanol–water partition coefficient (Wildman–Crippen LogP) is 5.09. The fourth-order valence-electron chi connectivity index (χ4n) is 2.78. The molecule has 1 rings (SSSR count). The van der Waals surface area contributed by atoms with E-state index >= 15 is 0 Å². The monoisotopic (exact) mass is 287 g/mol. The van der Waals surface area contributed by atoms with Gasteiger partial charge in [-0.1, -0.05) is 45.9 Å². The highest BCUT2D eigenvalue weighted by Gasteiger charge is 2.17. The lowest BCUT2D eigenvalue weighted by Crippen LogP contribution is -2.31. The molecule has 1 atom stereocenters. The normalized spacial score (nSPS) is 13.2. The molecule has 1 aromatic rings. The van der Waals surface area contributed by atoms with Crippen LogP contribution in [0.2, 0.25) is 0 Å². The van der Waals surface area contributed by atoms with Crippen molar-refractivity contribution in [2.75, 3.05) is 6.54 Å². The van der Waals surface area contributed by atoms with E-state index in [1.54, 1.807) is 0 Å². The molecule has 0 radical (unpaired) electrons. The Bertz CT molecular complexity index is 442. The van der Waals surface area contributed by atoms with Crippen LogP contribution in [0, 0.1) is 13.8 Å². The van der Waals surface area contributed by atoms with Crippen LogP contribution in [0.1, 0.15) is 62.8 Å². The highest BCUT2D eigenvalue weighted by atomic mass is 14.9. The second-order valence-corrected chi connectivity index (χ2v) is 7.22. The Hall–Kier alpha value is -1.08. The largest absolute Gasteiger partial charge is 0.313 e. The third-order valence-electron chi connectivity index (χ3n) is 4.15. The molecule has 0 heterocycles. The van der Waals surface area contributed by atoms with Gasteiger partial charge in [0.1, 0.15) is 0 Å². The Morgan fingerprint density at radius 2 is 1.76 bits per heavy atom. The summed E-state index contributed by atoms with van der Waals surface area (Å²) in [5.74, 6) is 0. The van der Waals surface area contributed by atoms with E-state index in [0.717, 1.165) is 19.4 Å². The van der Waals surface area contributed by atoms with Crippen molar-refractivity contribution >= 4 is 0 Å². The van der Waals surface area contributed by atoms with E-state index in [1.807, 2.05) is 6.08 Å². The van der Waals surface area contributed by atoms with Gasteiger partial charge in [-0.15, -0.1) is 6.58 Å². The first-order valence-electron chi connectivity index (χ1n) is 8.24. The van der Waals surface area contributed by atoms with Crippen LogP contribution in [0.5, 0.6) is 0 Å². The Morgan fingerprint density at radius 1 is 1.19 bits per heavy atom. The average molecular weight is 287 g/mol. The van der Waals surface area contributed by atoms with Crippen molar-refractivity contribution in [2.24, 2.45) is 0 Å². The van der Waals surface area contributed by atoms with Crippen molar-refractivity contribution in [1.29, 1.82) is 0 Å². The second-order valence-electron chi connectivity index (χ2n) is 7.22. The summed E-state index contributed by atoms with van der Waals surface area (Å²) >= 11 is 0. The molecular formula is C20H33N. The lowest BCUT2D eigenvalue weighted by molar-refractivity contribution is 0.510. The zero-order chi connectivity index (χ0) is 16.0. The van der Waals surface area contributed by atoms with Gasteiger partial charge in [0.05, 0.1) is 0 Å². The van der Waals surface area contributed by atoms with Gasteiger partial charge in [-0.05, 0) is 67.3 Å². The lowest BCUT2D eigenvalue weighted by atomic mass is 9.83. The van der Waals surface area contributed by atoms with Crippen LogP contribution in [0.4, 0.5) is 0 Å². The Morgan fingerprint density at radius 3 is 2.19 bits per heavy atom. The summed E-state index contributed by atoms with van der Waals surface area (Å²) in [4.78, 5) is 0. The molecule has 1 N–H and O–H groups in total. The van der Waals surface area contributed by atoms with Crippen LogP contribution in [-0.2, 0) is 11.8 Å². The number of nitrogens with one attached hydrogen (secondary N) is 1. The molecule has 21 heavy (non-hydrogen) atoms. The maximum atomic E-state index is 3.90. The van der Waals surface area contributed by atoms with E-state index in [2.05, 4.69) is 65.6 Å². The van der Waals surface area contributed by atoms with Crippen LogP contribution in [-0.4, -0.2) is 12.6 Å². The first kappa shape index (κ1) is 18.0. The summed E-state index contributed by atoms with van der Waals surface area (Å²) in [5, 5.41) is 3.65. The van der Waals surface area contributed by atoms with Crippen LogP contribution < -0.4 is 5.32 Å². The SMILES string of the molecule is C=CCC(Cc1c(C)cc(C(C)(C)C)cc1C)NCCC. The van der Waals surface area contributed by atoms with Crippen molar-refractivity contribution in [2.45, 2.75) is 72.3 Å². The van der Waals surface area contributed by atoms with Crippen molar-refractivity contribution in [3.8, 4) is 0 Å². The molecule has 0 saturated heterocycles. The molecule has 0 spiro atoms. The smallest absolute Gasteiger partial charge is 0.0142 e. The van der Waals surface area contributed by atoms with E-state index in [1.165, 1.54) is 28.7 Å².